The summed E-state index contributed by atoms with van der Waals surface area (Å²) in [6.45, 7) is 0. The van der Waals surface area contributed by atoms with E-state index < -0.39 is 0 Å². The fraction of sp³-hybridized carbons (Fsp3) is 0. The average Bonchev–Trinajstić information content (AvgIpc) is 0.758. The lowest BCUT2D eigenvalue weighted by atomic mass is 9.86. The number of nitriles is 4. The Balaban J connectivity index is 0.787. The van der Waals surface area contributed by atoms with Gasteiger partial charge in [-0.2, -0.15) is 21.0 Å². The van der Waals surface area contributed by atoms with E-state index in [1.807, 2.05) is 140 Å². The standard InChI is InChI=1S/C90H52N10/c91-53-57-46-58(54-92)49-75(48-57)61-26-30-65(31-27-61)80-43-42-63-14-10-11-23-78(63)83(80)67-36-40-72(41-37-67)89-98-87(70-19-8-3-9-20-70)99-90(100-89)74-22-12-21-73(52-74)77-44-45-81(66-32-28-62(29-33-66)76-50-59(55-93)47-60(51-76)56-94)84-79(24-13-25-82(77)84)64-34-38-71(39-35-64)88-96-85(68-15-4-1-5-16-68)95-86(97-88)69-17-6-2-7-18-69/h1-52H. The molecular weight excluding hydrogens is 1220 g/mol. The average molecular weight is 1270 g/mol. The second-order valence-corrected chi connectivity index (χ2v) is 24.2. The summed E-state index contributed by atoms with van der Waals surface area (Å²) in [7, 11) is 0. The van der Waals surface area contributed by atoms with Gasteiger partial charge in [0.05, 0.1) is 46.5 Å². The van der Waals surface area contributed by atoms with E-state index in [0.717, 1.165) is 133 Å². The van der Waals surface area contributed by atoms with Crippen LogP contribution in [0.2, 0.25) is 0 Å². The molecule has 0 spiro atoms. The van der Waals surface area contributed by atoms with E-state index in [4.69, 9.17) is 29.9 Å². The number of aromatic nitrogens is 6. The van der Waals surface area contributed by atoms with Crippen molar-refractivity contribution in [2.75, 3.05) is 0 Å². The fourth-order valence-electron chi connectivity index (χ4n) is 13.2. The van der Waals surface area contributed by atoms with Gasteiger partial charge < -0.3 is 0 Å². The predicted molar refractivity (Wildman–Crippen MR) is 398 cm³/mol. The van der Waals surface area contributed by atoms with Crippen molar-refractivity contribution in [1.82, 2.24) is 29.9 Å². The smallest absolute Gasteiger partial charge is 0.164 e. The first-order valence-corrected chi connectivity index (χ1v) is 32.5. The monoisotopic (exact) mass is 1270 g/mol. The van der Waals surface area contributed by atoms with E-state index in [-0.39, 0.29) is 0 Å². The van der Waals surface area contributed by atoms with Gasteiger partial charge in [0.1, 0.15) is 0 Å². The van der Waals surface area contributed by atoms with Crippen LogP contribution in [0, 0.1) is 45.3 Å². The maximum Gasteiger partial charge on any atom is 0.164 e. The first kappa shape index (κ1) is 60.5. The van der Waals surface area contributed by atoms with Crippen molar-refractivity contribution in [3.8, 4) is 170 Å². The molecule has 2 aromatic heterocycles. The van der Waals surface area contributed by atoms with E-state index in [1.165, 1.54) is 0 Å². The molecule has 100 heavy (non-hydrogen) atoms. The van der Waals surface area contributed by atoms with Crippen molar-refractivity contribution in [2.45, 2.75) is 0 Å². The molecule has 0 saturated heterocycles. The Labute approximate surface area is 577 Å². The van der Waals surface area contributed by atoms with E-state index >= 15 is 0 Å². The van der Waals surface area contributed by atoms with Crippen LogP contribution in [0.3, 0.4) is 0 Å². The molecule has 0 aliphatic heterocycles. The normalized spacial score (nSPS) is 11.0. The van der Waals surface area contributed by atoms with Crippen molar-refractivity contribution in [2.24, 2.45) is 0 Å². The summed E-state index contributed by atoms with van der Waals surface area (Å²) in [6.07, 6.45) is 0. The van der Waals surface area contributed by atoms with Crippen molar-refractivity contribution < 1.29 is 0 Å². The van der Waals surface area contributed by atoms with Crippen LogP contribution in [0.25, 0.3) is 168 Å². The molecule has 0 fully saturated rings. The second-order valence-electron chi connectivity index (χ2n) is 24.2. The highest BCUT2D eigenvalue weighted by Gasteiger charge is 2.21. The maximum absolute atomic E-state index is 9.86. The number of benzene rings is 14. The topological polar surface area (TPSA) is 172 Å². The summed E-state index contributed by atoms with van der Waals surface area (Å²) < 4.78 is 0. The third-order valence-electron chi connectivity index (χ3n) is 18.1. The highest BCUT2D eigenvalue weighted by atomic mass is 15.0. The SMILES string of the molecule is N#Cc1cc(C#N)cc(-c2ccc(-c3ccc4ccccc4c3-c3ccc(-c4nc(-c5ccccc5)nc(-c5cccc(-c6ccc(-c7ccc(-c8cc(C#N)cc(C#N)c8)cc7)c7c(-c8ccc(-c9nc(-c%10ccccc%10)nc(-c%10ccccc%10)n9)cc8)cccc67)c5)n4)cc3)cc2)c1. The van der Waals surface area contributed by atoms with Crippen molar-refractivity contribution in [3.05, 3.63) is 338 Å². The summed E-state index contributed by atoms with van der Waals surface area (Å²) in [5, 5.41) is 43.4. The number of fused-ring (bicyclic) bond motifs is 2. The van der Waals surface area contributed by atoms with Crippen molar-refractivity contribution in [1.29, 1.82) is 21.0 Å². The lowest BCUT2D eigenvalue weighted by molar-refractivity contribution is 1.07. The first-order chi connectivity index (χ1) is 49.3. The molecule has 10 heteroatoms. The van der Waals surface area contributed by atoms with Crippen LogP contribution >= 0.6 is 0 Å². The minimum absolute atomic E-state index is 0.426. The molecule has 0 bridgehead atoms. The van der Waals surface area contributed by atoms with Gasteiger partial charge in [-0.05, 0) is 142 Å². The van der Waals surface area contributed by atoms with Gasteiger partial charge in [0.2, 0.25) is 0 Å². The molecule has 2 heterocycles. The van der Waals surface area contributed by atoms with Crippen molar-refractivity contribution >= 4 is 21.5 Å². The zero-order chi connectivity index (χ0) is 67.5. The van der Waals surface area contributed by atoms with Crippen LogP contribution in [-0.2, 0) is 0 Å². The lowest BCUT2D eigenvalue weighted by Crippen LogP contribution is -2.00. The molecule has 0 N–H and O–H groups in total. The largest absolute Gasteiger partial charge is 0.208 e. The van der Waals surface area contributed by atoms with Gasteiger partial charge in [0.25, 0.3) is 0 Å². The van der Waals surface area contributed by atoms with E-state index in [0.29, 0.717) is 57.2 Å². The quantitative estimate of drug-likeness (QED) is 0.108. The van der Waals surface area contributed by atoms with Crippen LogP contribution in [0.4, 0.5) is 0 Å². The highest BCUT2D eigenvalue weighted by Crippen LogP contribution is 2.44. The Morgan fingerprint density at radius 1 is 0.190 bits per heavy atom. The molecule has 16 rings (SSSR count). The predicted octanol–water partition coefficient (Wildman–Crippen LogP) is 21.5. The van der Waals surface area contributed by atoms with Crippen LogP contribution in [-0.4, -0.2) is 29.9 Å². The molecule has 0 atom stereocenters. The fourth-order valence-corrected chi connectivity index (χ4v) is 13.2. The molecule has 10 nitrogen and oxygen atoms in total. The molecule has 0 unspecified atom stereocenters. The third-order valence-corrected chi connectivity index (χ3v) is 18.1. The maximum atomic E-state index is 9.86. The third kappa shape index (κ3) is 11.9. The molecule has 0 amide bonds. The number of rotatable bonds is 13. The van der Waals surface area contributed by atoms with Crippen molar-refractivity contribution in [3.63, 3.8) is 0 Å². The Kier molecular flexibility index (Phi) is 16.0. The first-order valence-electron chi connectivity index (χ1n) is 32.5. The van der Waals surface area contributed by atoms with Crippen LogP contribution in [0.1, 0.15) is 22.3 Å². The van der Waals surface area contributed by atoms with Gasteiger partial charge in [-0.15, -0.1) is 0 Å². The second kappa shape index (κ2) is 26.4. The summed E-state index contributed by atoms with van der Waals surface area (Å²) in [6, 6.07) is 115. The molecule has 462 valence electrons. The van der Waals surface area contributed by atoms with Gasteiger partial charge in [-0.25, -0.2) is 29.9 Å². The Hall–Kier alpha value is -14.4. The molecule has 0 radical (unpaired) electrons. The van der Waals surface area contributed by atoms with Gasteiger partial charge >= 0.3 is 0 Å². The van der Waals surface area contributed by atoms with Gasteiger partial charge in [-0.3, -0.25) is 0 Å². The number of nitrogens with zero attached hydrogens (tertiary/aromatic N) is 10. The van der Waals surface area contributed by atoms with Crippen LogP contribution in [0.5, 0.6) is 0 Å². The molecule has 14 aromatic carbocycles. The molecule has 16 aromatic rings. The minimum atomic E-state index is 0.426. The molecule has 0 saturated carbocycles. The zero-order valence-electron chi connectivity index (χ0n) is 53.5. The molecule has 0 aliphatic rings. The summed E-state index contributed by atoms with van der Waals surface area (Å²) in [4.78, 5) is 30.7. The van der Waals surface area contributed by atoms with Gasteiger partial charge in [0, 0.05) is 33.4 Å². The van der Waals surface area contributed by atoms with Gasteiger partial charge in [-0.1, -0.05) is 273 Å². The summed E-state index contributed by atoms with van der Waals surface area (Å²) in [5.74, 6) is 3.33. The van der Waals surface area contributed by atoms with E-state index in [2.05, 4.69) is 188 Å². The Morgan fingerprint density at radius 2 is 0.510 bits per heavy atom. The highest BCUT2D eigenvalue weighted by molar-refractivity contribution is 6.12. The number of hydrogen-bond donors (Lipinski definition) is 0. The summed E-state index contributed by atoms with van der Waals surface area (Å²) >= 11 is 0. The Bertz CT molecular complexity index is 5910. The van der Waals surface area contributed by atoms with Gasteiger partial charge in [0.15, 0.2) is 34.9 Å². The van der Waals surface area contributed by atoms with Crippen LogP contribution < -0.4 is 0 Å². The van der Waals surface area contributed by atoms with E-state index in [9.17, 15) is 21.0 Å². The molecular formula is C90H52N10. The molecule has 0 aliphatic carbocycles. The Morgan fingerprint density at radius 3 is 0.970 bits per heavy atom. The van der Waals surface area contributed by atoms with Crippen LogP contribution in [0.15, 0.2) is 315 Å². The minimum Gasteiger partial charge on any atom is -0.208 e. The van der Waals surface area contributed by atoms with E-state index in [1.54, 1.807) is 12.1 Å². The zero-order valence-corrected chi connectivity index (χ0v) is 53.5. The lowest BCUT2D eigenvalue weighted by Gasteiger charge is -2.17. The number of hydrogen-bond acceptors (Lipinski definition) is 10. The summed E-state index contributed by atoms with van der Waals surface area (Å²) in [5.41, 5.74) is 20.4.